The molecule has 2 N–H and O–H groups in total. The zero-order valence-corrected chi connectivity index (χ0v) is 20.9. The first kappa shape index (κ1) is 25.1. The van der Waals surface area contributed by atoms with Crippen molar-refractivity contribution in [3.8, 4) is 0 Å². The SMILES string of the molecule is C=CCN(C(=O)C1N([C@@H](CO)[C@@H](C)CC)C(=O)[C@@H]2[C@@H](C(=O)O)[C@H]3CC(C)C12S3)C(C)(C)C. The van der Waals surface area contributed by atoms with E-state index < -0.39 is 40.2 Å². The summed E-state index contributed by atoms with van der Waals surface area (Å²) in [7, 11) is 0. The summed E-state index contributed by atoms with van der Waals surface area (Å²) in [6, 6.07) is -1.34. The van der Waals surface area contributed by atoms with Crippen LogP contribution in [0.3, 0.4) is 0 Å². The molecule has 8 atom stereocenters. The van der Waals surface area contributed by atoms with Crippen molar-refractivity contribution in [3.63, 3.8) is 0 Å². The highest BCUT2D eigenvalue weighted by Gasteiger charge is 2.77. The van der Waals surface area contributed by atoms with E-state index in [1.54, 1.807) is 15.9 Å². The van der Waals surface area contributed by atoms with E-state index in [9.17, 15) is 24.6 Å². The van der Waals surface area contributed by atoms with Gasteiger partial charge in [-0.3, -0.25) is 14.4 Å². The maximum Gasteiger partial charge on any atom is 0.308 e. The molecule has 3 aliphatic rings. The molecule has 8 heteroatoms. The zero-order valence-electron chi connectivity index (χ0n) is 20.1. The fourth-order valence-electron chi connectivity index (χ4n) is 6.16. The number of nitrogens with zero attached hydrogens (tertiary/aromatic N) is 2. The third-order valence-corrected chi connectivity index (χ3v) is 10.0. The first-order valence-electron chi connectivity index (χ1n) is 11.6. The number of amides is 2. The number of thioether (sulfide) groups is 1. The van der Waals surface area contributed by atoms with Gasteiger partial charge in [0.2, 0.25) is 11.8 Å². The summed E-state index contributed by atoms with van der Waals surface area (Å²) < 4.78 is -0.798. The van der Waals surface area contributed by atoms with Gasteiger partial charge in [0.25, 0.3) is 0 Å². The minimum Gasteiger partial charge on any atom is -0.481 e. The largest absolute Gasteiger partial charge is 0.481 e. The molecule has 3 saturated heterocycles. The van der Waals surface area contributed by atoms with Gasteiger partial charge in [0.1, 0.15) is 6.04 Å². The molecule has 0 aliphatic carbocycles. The number of fused-ring (bicyclic) bond motifs is 1. The third kappa shape index (κ3) is 3.49. The molecule has 0 saturated carbocycles. The molecule has 3 aliphatic heterocycles. The Morgan fingerprint density at radius 3 is 2.50 bits per heavy atom. The van der Waals surface area contributed by atoms with E-state index in [-0.39, 0.29) is 35.5 Å². The summed E-state index contributed by atoms with van der Waals surface area (Å²) in [6.45, 7) is 15.7. The summed E-state index contributed by atoms with van der Waals surface area (Å²) in [5.74, 6) is -3.00. The smallest absolute Gasteiger partial charge is 0.308 e. The number of carboxylic acid groups (broad SMARTS) is 1. The number of rotatable bonds is 8. The Morgan fingerprint density at radius 2 is 2.03 bits per heavy atom. The van der Waals surface area contributed by atoms with Gasteiger partial charge in [0.15, 0.2) is 0 Å². The number of aliphatic hydroxyl groups excluding tert-OH is 1. The van der Waals surface area contributed by atoms with Gasteiger partial charge in [-0.2, -0.15) is 0 Å². The van der Waals surface area contributed by atoms with Crippen molar-refractivity contribution in [1.29, 1.82) is 0 Å². The first-order chi connectivity index (χ1) is 14.9. The van der Waals surface area contributed by atoms with Gasteiger partial charge in [-0.05, 0) is 39.0 Å². The zero-order chi connectivity index (χ0) is 24.2. The van der Waals surface area contributed by atoms with Gasteiger partial charge in [-0.25, -0.2) is 0 Å². The predicted molar refractivity (Wildman–Crippen MR) is 125 cm³/mol. The van der Waals surface area contributed by atoms with Crippen LogP contribution < -0.4 is 0 Å². The molecule has 2 bridgehead atoms. The minimum atomic E-state index is -0.967. The topological polar surface area (TPSA) is 98.2 Å². The van der Waals surface area contributed by atoms with E-state index in [1.165, 1.54) is 11.8 Å². The molecule has 0 aromatic carbocycles. The minimum absolute atomic E-state index is 0.0165. The van der Waals surface area contributed by atoms with Gasteiger partial charge < -0.3 is 20.0 Å². The Bertz CT molecular complexity index is 796. The summed E-state index contributed by atoms with van der Waals surface area (Å²) >= 11 is 1.53. The van der Waals surface area contributed by atoms with Crippen molar-refractivity contribution in [2.24, 2.45) is 23.7 Å². The van der Waals surface area contributed by atoms with Gasteiger partial charge in [-0.15, -0.1) is 18.3 Å². The van der Waals surface area contributed by atoms with Crippen LogP contribution in [0.1, 0.15) is 54.4 Å². The van der Waals surface area contributed by atoms with Crippen molar-refractivity contribution < 1.29 is 24.6 Å². The Labute approximate surface area is 195 Å². The molecular weight excluding hydrogens is 428 g/mol. The maximum atomic E-state index is 14.3. The molecule has 0 aromatic rings. The van der Waals surface area contributed by atoms with Crippen LogP contribution >= 0.6 is 11.8 Å². The van der Waals surface area contributed by atoms with Crippen LogP contribution in [0.15, 0.2) is 12.7 Å². The Hall–Kier alpha value is -1.54. The van der Waals surface area contributed by atoms with Crippen molar-refractivity contribution in [2.45, 2.75) is 82.0 Å². The maximum absolute atomic E-state index is 14.3. The number of carboxylic acids is 1. The van der Waals surface area contributed by atoms with E-state index in [0.29, 0.717) is 13.0 Å². The van der Waals surface area contributed by atoms with E-state index >= 15 is 0 Å². The quantitative estimate of drug-likeness (QED) is 0.534. The van der Waals surface area contributed by atoms with E-state index in [2.05, 4.69) is 6.58 Å². The van der Waals surface area contributed by atoms with Crippen molar-refractivity contribution >= 4 is 29.5 Å². The molecule has 3 rings (SSSR count). The van der Waals surface area contributed by atoms with Crippen LogP contribution in [0.5, 0.6) is 0 Å². The number of carbonyl (C=O) groups is 3. The molecule has 2 amide bonds. The van der Waals surface area contributed by atoms with Crippen LogP contribution in [0.4, 0.5) is 0 Å². The van der Waals surface area contributed by atoms with Crippen molar-refractivity contribution in [2.75, 3.05) is 13.2 Å². The second-order valence-electron chi connectivity index (χ2n) is 10.7. The highest BCUT2D eigenvalue weighted by Crippen LogP contribution is 2.69. The molecule has 3 heterocycles. The average molecular weight is 467 g/mol. The van der Waals surface area contributed by atoms with Crippen molar-refractivity contribution in [1.82, 2.24) is 9.80 Å². The fourth-order valence-corrected chi connectivity index (χ4v) is 8.56. The highest BCUT2D eigenvalue weighted by atomic mass is 32.2. The van der Waals surface area contributed by atoms with Gasteiger partial charge >= 0.3 is 5.97 Å². The first-order valence-corrected chi connectivity index (χ1v) is 12.5. The Morgan fingerprint density at radius 1 is 1.41 bits per heavy atom. The summed E-state index contributed by atoms with van der Waals surface area (Å²) in [5, 5.41) is 20.2. The van der Waals surface area contributed by atoms with E-state index in [1.807, 2.05) is 41.5 Å². The Kier molecular flexibility index (Phi) is 6.80. The highest BCUT2D eigenvalue weighted by molar-refractivity contribution is 8.02. The molecule has 0 aromatic heterocycles. The lowest BCUT2D eigenvalue weighted by molar-refractivity contribution is -0.151. The monoisotopic (exact) mass is 466 g/mol. The van der Waals surface area contributed by atoms with E-state index in [0.717, 1.165) is 6.42 Å². The van der Waals surface area contributed by atoms with Crippen LogP contribution in [0.2, 0.25) is 0 Å². The molecule has 3 fully saturated rings. The molecule has 0 radical (unpaired) electrons. The molecule has 7 nitrogen and oxygen atoms in total. The molecule has 32 heavy (non-hydrogen) atoms. The number of hydrogen-bond acceptors (Lipinski definition) is 5. The van der Waals surface area contributed by atoms with Crippen LogP contribution in [-0.4, -0.2) is 78.6 Å². The summed E-state index contributed by atoms with van der Waals surface area (Å²) in [6.07, 6.45) is 3.09. The lowest BCUT2D eigenvalue weighted by atomic mass is 9.66. The van der Waals surface area contributed by atoms with Crippen LogP contribution in [-0.2, 0) is 14.4 Å². The van der Waals surface area contributed by atoms with Crippen molar-refractivity contribution in [3.05, 3.63) is 12.7 Å². The van der Waals surface area contributed by atoms with Gasteiger partial charge in [0.05, 0.1) is 29.2 Å². The van der Waals surface area contributed by atoms with Crippen LogP contribution in [0, 0.1) is 23.7 Å². The third-order valence-electron chi connectivity index (χ3n) is 7.94. The number of likely N-dealkylation sites (tertiary alicyclic amines) is 1. The molecular formula is C24H38N2O5S. The van der Waals surface area contributed by atoms with Gasteiger partial charge in [-0.1, -0.05) is 33.3 Å². The average Bonchev–Trinajstić information content (AvgIpc) is 3.29. The predicted octanol–water partition coefficient (Wildman–Crippen LogP) is 2.63. The number of carbonyl (C=O) groups excluding carboxylic acids is 2. The molecule has 180 valence electrons. The Balaban J connectivity index is 2.21. The standard InChI is InChI=1S/C24H38N2O5S/c1-8-10-25(23(5,6)7)21(29)19-24-14(4)11-16(32-24)17(22(30)31)18(24)20(28)26(19)15(12-27)13(3)9-2/h8,13-19,27H,1,9-12H2,2-7H3,(H,30,31)/t13-,14?,15-,16+,17-,18-,19?,24?/m0/s1. The summed E-state index contributed by atoms with van der Waals surface area (Å²) in [4.78, 5) is 43.8. The number of aliphatic carboxylic acids is 1. The lowest BCUT2D eigenvalue weighted by Crippen LogP contribution is -2.62. The number of hydrogen-bond donors (Lipinski definition) is 2. The second-order valence-corrected chi connectivity index (χ2v) is 12.2. The van der Waals surface area contributed by atoms with E-state index in [4.69, 9.17) is 0 Å². The van der Waals surface area contributed by atoms with Crippen LogP contribution in [0.25, 0.3) is 0 Å². The lowest BCUT2D eigenvalue weighted by Gasteiger charge is -2.45. The van der Waals surface area contributed by atoms with Gasteiger partial charge in [0, 0.05) is 17.3 Å². The summed E-state index contributed by atoms with van der Waals surface area (Å²) in [5.41, 5.74) is -0.503. The molecule has 3 unspecified atom stereocenters. The molecule has 1 spiro atoms. The number of aliphatic hydroxyl groups is 1. The fraction of sp³-hybridized carbons (Fsp3) is 0.792. The second kappa shape index (κ2) is 8.67. The normalized spacial score (nSPS) is 35.5.